The number of likely N-dealkylation sites (tertiary alicyclic amines) is 1. The molecule has 0 radical (unpaired) electrons. The normalized spacial score (nSPS) is 18.0. The average molecular weight is 308 g/mol. The third kappa shape index (κ3) is 3.61. The monoisotopic (exact) mass is 308 g/mol. The van der Waals surface area contributed by atoms with Gasteiger partial charge >= 0.3 is 0 Å². The van der Waals surface area contributed by atoms with Crippen LogP contribution in [0.3, 0.4) is 0 Å². The number of nitrogens with zero attached hydrogens (tertiary/aromatic N) is 2. The summed E-state index contributed by atoms with van der Waals surface area (Å²) in [6.45, 7) is 5.83. The van der Waals surface area contributed by atoms with Crippen molar-refractivity contribution in [2.45, 2.75) is 39.0 Å². The van der Waals surface area contributed by atoms with Crippen molar-refractivity contribution in [3.8, 4) is 0 Å². The van der Waals surface area contributed by atoms with Gasteiger partial charge in [-0.25, -0.2) is 0 Å². The van der Waals surface area contributed by atoms with Crippen molar-refractivity contribution in [1.82, 2.24) is 9.88 Å². The van der Waals surface area contributed by atoms with Crippen molar-refractivity contribution < 1.29 is 4.79 Å². The van der Waals surface area contributed by atoms with E-state index in [0.717, 1.165) is 43.6 Å². The maximum Gasteiger partial charge on any atom is 0.253 e. The quantitative estimate of drug-likeness (QED) is 0.859. The van der Waals surface area contributed by atoms with E-state index in [4.69, 9.17) is 0 Å². The number of aromatic nitrogens is 1. The second-order valence-corrected chi connectivity index (χ2v) is 6.39. The molecule has 1 saturated heterocycles. The van der Waals surface area contributed by atoms with E-state index in [1.807, 2.05) is 17.0 Å². The third-order valence-electron chi connectivity index (χ3n) is 4.68. The minimum atomic E-state index is 0.138. The number of carbonyl (C=O) groups excluding carboxylic acids is 1. The minimum Gasteiger partial charge on any atom is -0.338 e. The Hall–Kier alpha value is -2.16. The molecule has 0 spiro atoms. The molecule has 1 amide bonds. The van der Waals surface area contributed by atoms with Crippen LogP contribution in [0.1, 0.15) is 52.9 Å². The standard InChI is InChI=1S/C20H24N2O/c1-3-19-13-17(10-11-21-19)20(23)22-12-4-5-18(14-22)16-8-6-15(2)7-9-16/h6-11,13,18H,3-5,12,14H2,1-2H3/t18-/m0/s1. The highest BCUT2D eigenvalue weighted by atomic mass is 16.2. The maximum atomic E-state index is 12.8. The lowest BCUT2D eigenvalue weighted by Crippen LogP contribution is -2.39. The van der Waals surface area contributed by atoms with Crippen LogP contribution in [0, 0.1) is 6.92 Å². The fourth-order valence-corrected chi connectivity index (χ4v) is 3.26. The lowest BCUT2D eigenvalue weighted by Gasteiger charge is -2.33. The maximum absolute atomic E-state index is 12.8. The van der Waals surface area contributed by atoms with E-state index in [1.165, 1.54) is 11.1 Å². The molecule has 0 unspecified atom stereocenters. The summed E-state index contributed by atoms with van der Waals surface area (Å²) in [5, 5.41) is 0. The number of carbonyl (C=O) groups is 1. The SMILES string of the molecule is CCc1cc(C(=O)N2CCC[C@H](c3ccc(C)cc3)C2)ccn1. The van der Waals surface area contributed by atoms with Crippen molar-refractivity contribution >= 4 is 5.91 Å². The van der Waals surface area contributed by atoms with Gasteiger partial charge in [-0.15, -0.1) is 0 Å². The van der Waals surface area contributed by atoms with E-state index in [1.54, 1.807) is 6.20 Å². The Bertz CT molecular complexity index is 678. The first-order chi connectivity index (χ1) is 11.2. The fraction of sp³-hybridized carbons (Fsp3) is 0.400. The Labute approximate surface area is 138 Å². The number of benzene rings is 1. The van der Waals surface area contributed by atoms with Gasteiger partial charge in [0.25, 0.3) is 5.91 Å². The Morgan fingerprint density at radius 3 is 2.78 bits per heavy atom. The van der Waals surface area contributed by atoms with E-state index < -0.39 is 0 Å². The Kier molecular flexibility index (Phi) is 4.75. The second kappa shape index (κ2) is 6.95. The van der Waals surface area contributed by atoms with E-state index in [2.05, 4.69) is 43.1 Å². The minimum absolute atomic E-state index is 0.138. The zero-order chi connectivity index (χ0) is 16.2. The van der Waals surface area contributed by atoms with Crippen LogP contribution >= 0.6 is 0 Å². The van der Waals surface area contributed by atoms with Gasteiger partial charge in [-0.1, -0.05) is 36.8 Å². The molecule has 0 bridgehead atoms. The van der Waals surface area contributed by atoms with Crippen LogP contribution in [0.15, 0.2) is 42.6 Å². The summed E-state index contributed by atoms with van der Waals surface area (Å²) >= 11 is 0. The zero-order valence-electron chi connectivity index (χ0n) is 14.0. The predicted octanol–water partition coefficient (Wildman–Crippen LogP) is 3.97. The summed E-state index contributed by atoms with van der Waals surface area (Å²) in [5.41, 5.74) is 4.36. The Balaban J connectivity index is 1.75. The Morgan fingerprint density at radius 2 is 2.04 bits per heavy atom. The van der Waals surface area contributed by atoms with Gasteiger partial charge in [0.05, 0.1) is 0 Å². The lowest BCUT2D eigenvalue weighted by atomic mass is 9.90. The van der Waals surface area contributed by atoms with Crippen LogP contribution in [-0.2, 0) is 6.42 Å². The summed E-state index contributed by atoms with van der Waals surface area (Å²) < 4.78 is 0. The van der Waals surface area contributed by atoms with Gasteiger partial charge in [0.15, 0.2) is 0 Å². The molecule has 1 aliphatic rings. The summed E-state index contributed by atoms with van der Waals surface area (Å²) in [4.78, 5) is 19.1. The molecular formula is C20H24N2O. The van der Waals surface area contributed by atoms with Gasteiger partial charge in [-0.3, -0.25) is 9.78 Å². The van der Waals surface area contributed by atoms with E-state index in [9.17, 15) is 4.79 Å². The summed E-state index contributed by atoms with van der Waals surface area (Å²) in [7, 11) is 0. The molecule has 120 valence electrons. The van der Waals surface area contributed by atoms with Crippen molar-refractivity contribution in [3.05, 3.63) is 65.0 Å². The molecular weight excluding hydrogens is 284 g/mol. The Morgan fingerprint density at radius 1 is 1.26 bits per heavy atom. The zero-order valence-corrected chi connectivity index (χ0v) is 14.0. The first-order valence-electron chi connectivity index (χ1n) is 8.48. The summed E-state index contributed by atoms with van der Waals surface area (Å²) in [5.74, 6) is 0.583. The summed E-state index contributed by atoms with van der Waals surface area (Å²) in [6.07, 6.45) is 4.82. The van der Waals surface area contributed by atoms with Gasteiger partial charge in [0.2, 0.25) is 0 Å². The van der Waals surface area contributed by atoms with Crippen LogP contribution in [0.4, 0.5) is 0 Å². The molecule has 3 heteroatoms. The first kappa shape index (κ1) is 15.7. The van der Waals surface area contributed by atoms with Crippen molar-refractivity contribution in [2.75, 3.05) is 13.1 Å². The molecule has 1 aromatic carbocycles. The molecule has 0 aliphatic carbocycles. The van der Waals surface area contributed by atoms with Gasteiger partial charge in [0, 0.05) is 36.5 Å². The second-order valence-electron chi connectivity index (χ2n) is 6.39. The predicted molar refractivity (Wildman–Crippen MR) is 92.7 cm³/mol. The van der Waals surface area contributed by atoms with E-state index in [0.29, 0.717) is 5.92 Å². The van der Waals surface area contributed by atoms with Gasteiger partial charge in [0.1, 0.15) is 0 Å². The number of aryl methyl sites for hydroxylation is 2. The number of rotatable bonds is 3. The van der Waals surface area contributed by atoms with Crippen LogP contribution in [-0.4, -0.2) is 28.9 Å². The highest BCUT2D eigenvalue weighted by Gasteiger charge is 2.25. The molecule has 1 fully saturated rings. The highest BCUT2D eigenvalue weighted by Crippen LogP contribution is 2.28. The van der Waals surface area contributed by atoms with Crippen molar-refractivity contribution in [3.63, 3.8) is 0 Å². The number of hydrogen-bond acceptors (Lipinski definition) is 2. The number of piperidine rings is 1. The molecule has 0 N–H and O–H groups in total. The van der Waals surface area contributed by atoms with Gasteiger partial charge < -0.3 is 4.90 Å². The number of amides is 1. The fourth-order valence-electron chi connectivity index (χ4n) is 3.26. The van der Waals surface area contributed by atoms with E-state index >= 15 is 0 Å². The molecule has 1 aromatic heterocycles. The molecule has 23 heavy (non-hydrogen) atoms. The van der Waals surface area contributed by atoms with Crippen LogP contribution < -0.4 is 0 Å². The smallest absolute Gasteiger partial charge is 0.253 e. The molecule has 3 nitrogen and oxygen atoms in total. The molecule has 1 aliphatic heterocycles. The molecule has 1 atom stereocenters. The molecule has 3 rings (SSSR count). The lowest BCUT2D eigenvalue weighted by molar-refractivity contribution is 0.0707. The first-order valence-corrected chi connectivity index (χ1v) is 8.48. The number of pyridine rings is 1. The van der Waals surface area contributed by atoms with Gasteiger partial charge in [-0.2, -0.15) is 0 Å². The highest BCUT2D eigenvalue weighted by molar-refractivity contribution is 5.94. The van der Waals surface area contributed by atoms with Gasteiger partial charge in [-0.05, 0) is 43.9 Å². The van der Waals surface area contributed by atoms with Crippen molar-refractivity contribution in [2.24, 2.45) is 0 Å². The average Bonchev–Trinajstić information content (AvgIpc) is 2.62. The largest absolute Gasteiger partial charge is 0.338 e. The third-order valence-corrected chi connectivity index (χ3v) is 4.68. The number of hydrogen-bond donors (Lipinski definition) is 0. The summed E-state index contributed by atoms with van der Waals surface area (Å²) in [6, 6.07) is 12.5. The van der Waals surface area contributed by atoms with Crippen LogP contribution in [0.5, 0.6) is 0 Å². The van der Waals surface area contributed by atoms with Crippen molar-refractivity contribution in [1.29, 1.82) is 0 Å². The molecule has 2 aromatic rings. The molecule has 2 heterocycles. The topological polar surface area (TPSA) is 33.2 Å². The van der Waals surface area contributed by atoms with Crippen LogP contribution in [0.2, 0.25) is 0 Å². The van der Waals surface area contributed by atoms with E-state index in [-0.39, 0.29) is 5.91 Å². The molecule has 0 saturated carbocycles. The van der Waals surface area contributed by atoms with Crippen LogP contribution in [0.25, 0.3) is 0 Å².